The molecule has 0 saturated carbocycles. The number of amides is 1. The van der Waals surface area contributed by atoms with Crippen LogP contribution in [0.5, 0.6) is 0 Å². The Kier molecular flexibility index (Phi) is 6.93. The summed E-state index contributed by atoms with van der Waals surface area (Å²) in [5.74, 6) is -0.291. The molecule has 1 atom stereocenters. The number of likely N-dealkylation sites (tertiary alicyclic amines) is 1. The number of nitrogens with one attached hydrogen (secondary N) is 3. The highest BCUT2D eigenvalue weighted by atomic mass is 19.4. The van der Waals surface area contributed by atoms with Gasteiger partial charge in [0.25, 0.3) is 5.91 Å². The Labute approximate surface area is 192 Å². The van der Waals surface area contributed by atoms with Crippen molar-refractivity contribution in [1.82, 2.24) is 4.90 Å². The number of carbonyl (C=O) groups excluding carboxylic acids is 1. The largest absolute Gasteiger partial charge is 0.418 e. The summed E-state index contributed by atoms with van der Waals surface area (Å²) < 4.78 is 41.2. The molecule has 0 radical (unpaired) electrons. The normalized spacial score (nSPS) is 19.9. The van der Waals surface area contributed by atoms with Crippen molar-refractivity contribution in [2.75, 3.05) is 35.6 Å². The van der Waals surface area contributed by atoms with Crippen LogP contribution in [0, 0.1) is 0 Å². The molecule has 2 heterocycles. The second-order valence-corrected chi connectivity index (χ2v) is 8.62. The van der Waals surface area contributed by atoms with E-state index < -0.39 is 11.7 Å². The van der Waals surface area contributed by atoms with Gasteiger partial charge in [-0.15, -0.1) is 0 Å². The van der Waals surface area contributed by atoms with E-state index in [9.17, 15) is 18.0 Å². The van der Waals surface area contributed by atoms with Crippen molar-refractivity contribution in [1.29, 1.82) is 0 Å². The molecule has 2 aliphatic heterocycles. The highest BCUT2D eigenvalue weighted by molar-refractivity contribution is 6.31. The van der Waals surface area contributed by atoms with Crippen LogP contribution in [0.25, 0.3) is 5.57 Å². The molecule has 2 aromatic carbocycles. The fraction of sp³-hybridized carbons (Fsp3) is 0.400. The summed E-state index contributed by atoms with van der Waals surface area (Å²) in [5.41, 5.74) is 1.38. The molecule has 0 bridgehead atoms. The van der Waals surface area contributed by atoms with Crippen LogP contribution in [0.15, 0.2) is 48.7 Å². The molecular weight excluding hydrogens is 429 g/mol. The van der Waals surface area contributed by atoms with Crippen molar-refractivity contribution < 1.29 is 18.0 Å². The molecule has 176 valence electrons. The summed E-state index contributed by atoms with van der Waals surface area (Å²) in [6.45, 7) is 4.63. The van der Waals surface area contributed by atoms with Crippen LogP contribution in [0.3, 0.4) is 0 Å². The maximum absolute atomic E-state index is 13.7. The Morgan fingerprint density at radius 2 is 2.00 bits per heavy atom. The van der Waals surface area contributed by atoms with Crippen molar-refractivity contribution in [3.63, 3.8) is 0 Å². The third-order valence-electron chi connectivity index (χ3n) is 6.30. The predicted octanol–water partition coefficient (Wildman–Crippen LogP) is 5.79. The van der Waals surface area contributed by atoms with Crippen LogP contribution in [0.4, 0.5) is 30.2 Å². The summed E-state index contributed by atoms with van der Waals surface area (Å²) in [5, 5.41) is 8.56. The van der Waals surface area contributed by atoms with Crippen molar-refractivity contribution >= 4 is 28.5 Å². The number of carbonyl (C=O) groups is 1. The van der Waals surface area contributed by atoms with Gasteiger partial charge in [-0.3, -0.25) is 4.79 Å². The highest BCUT2D eigenvalue weighted by Crippen LogP contribution is 2.37. The number of benzene rings is 2. The van der Waals surface area contributed by atoms with Crippen molar-refractivity contribution in [2.45, 2.75) is 44.8 Å². The molecule has 1 unspecified atom stereocenters. The molecule has 4 rings (SSSR count). The zero-order valence-corrected chi connectivity index (χ0v) is 18.6. The van der Waals surface area contributed by atoms with Crippen molar-refractivity contribution in [3.05, 3.63) is 59.8 Å². The number of rotatable bonds is 7. The first-order valence-electron chi connectivity index (χ1n) is 11.4. The quantitative estimate of drug-likeness (QED) is 0.363. The lowest BCUT2D eigenvalue weighted by molar-refractivity contribution is -0.136. The molecule has 8 heteroatoms. The standard InChI is InChI=1S/C25H29F3N4O/c1-17-7-4-5-13-32(17)14-6-12-29-23-11-10-18(15-21(23)25(26,27)28)30-16-20-19-8-2-3-9-22(19)31-24(20)33/h2-3,8-11,15-17,29-30H,4-7,12-14H2,1H3,(H,31,33). The number of hydrogen-bond acceptors (Lipinski definition) is 4. The number of hydrogen-bond donors (Lipinski definition) is 3. The highest BCUT2D eigenvalue weighted by Gasteiger charge is 2.34. The number of piperidine rings is 1. The van der Waals surface area contributed by atoms with E-state index in [4.69, 9.17) is 0 Å². The zero-order valence-electron chi connectivity index (χ0n) is 18.6. The predicted molar refractivity (Wildman–Crippen MR) is 126 cm³/mol. The first-order chi connectivity index (χ1) is 15.8. The minimum absolute atomic E-state index is 0.0661. The Hall–Kier alpha value is -3.00. The monoisotopic (exact) mass is 458 g/mol. The van der Waals surface area contributed by atoms with Gasteiger partial charge in [0.1, 0.15) is 0 Å². The summed E-state index contributed by atoms with van der Waals surface area (Å²) in [7, 11) is 0. The van der Waals surface area contributed by atoms with E-state index in [1.165, 1.54) is 31.5 Å². The van der Waals surface area contributed by atoms with E-state index in [0.717, 1.165) is 25.6 Å². The first-order valence-corrected chi connectivity index (χ1v) is 11.4. The topological polar surface area (TPSA) is 56.4 Å². The number of fused-ring (bicyclic) bond motifs is 1. The molecule has 2 aromatic rings. The van der Waals surface area contributed by atoms with Crippen molar-refractivity contribution in [2.24, 2.45) is 0 Å². The molecule has 3 N–H and O–H groups in total. The van der Waals surface area contributed by atoms with Gasteiger partial charge in [-0.05, 0) is 57.0 Å². The minimum atomic E-state index is -4.49. The van der Waals surface area contributed by atoms with Crippen LogP contribution in [-0.2, 0) is 11.0 Å². The van der Waals surface area contributed by atoms with Crippen LogP contribution >= 0.6 is 0 Å². The first kappa shape index (κ1) is 23.2. The lowest BCUT2D eigenvalue weighted by atomic mass is 10.0. The molecule has 1 saturated heterocycles. The van der Waals surface area contributed by atoms with Gasteiger partial charge >= 0.3 is 6.18 Å². The minimum Gasteiger partial charge on any atom is -0.385 e. The molecule has 1 amide bonds. The van der Waals surface area contributed by atoms with Crippen LogP contribution in [0.2, 0.25) is 0 Å². The number of halogens is 3. The Balaban J connectivity index is 1.42. The number of para-hydroxylation sites is 1. The Bertz CT molecular complexity index is 1030. The second-order valence-electron chi connectivity index (χ2n) is 8.62. The number of alkyl halides is 3. The smallest absolute Gasteiger partial charge is 0.385 e. The SMILES string of the molecule is CC1CCCCN1CCCNc1ccc(NC=C2C(=O)Nc3ccccc32)cc1C(F)(F)F. The molecule has 0 aromatic heterocycles. The number of nitrogens with zero attached hydrogens (tertiary/aromatic N) is 1. The van der Waals surface area contributed by atoms with E-state index in [0.29, 0.717) is 29.4 Å². The van der Waals surface area contributed by atoms with Crippen LogP contribution < -0.4 is 16.0 Å². The maximum atomic E-state index is 13.7. The fourth-order valence-corrected chi connectivity index (χ4v) is 4.46. The fourth-order valence-electron chi connectivity index (χ4n) is 4.46. The van der Waals surface area contributed by atoms with Crippen LogP contribution in [-0.4, -0.2) is 36.5 Å². The van der Waals surface area contributed by atoms with Gasteiger partial charge < -0.3 is 20.9 Å². The number of anilines is 3. The van der Waals surface area contributed by atoms with Gasteiger partial charge in [-0.25, -0.2) is 0 Å². The Morgan fingerprint density at radius 3 is 2.79 bits per heavy atom. The third-order valence-corrected chi connectivity index (χ3v) is 6.30. The lowest BCUT2D eigenvalue weighted by Gasteiger charge is -2.33. The van der Waals surface area contributed by atoms with E-state index >= 15 is 0 Å². The maximum Gasteiger partial charge on any atom is 0.418 e. The summed E-state index contributed by atoms with van der Waals surface area (Å²) in [6, 6.07) is 11.8. The van der Waals surface area contributed by atoms with E-state index in [2.05, 4.69) is 27.8 Å². The molecular formula is C25H29F3N4O. The molecule has 2 aliphatic rings. The zero-order chi connectivity index (χ0) is 23.4. The molecule has 1 fully saturated rings. The average Bonchev–Trinajstić information content (AvgIpc) is 3.11. The van der Waals surface area contributed by atoms with E-state index in [-0.39, 0.29) is 17.3 Å². The molecule has 0 spiro atoms. The molecule has 33 heavy (non-hydrogen) atoms. The van der Waals surface area contributed by atoms with Crippen LogP contribution in [0.1, 0.15) is 43.7 Å². The molecule has 0 aliphatic carbocycles. The summed E-state index contributed by atoms with van der Waals surface area (Å²) in [4.78, 5) is 14.6. The van der Waals surface area contributed by atoms with E-state index in [1.54, 1.807) is 24.3 Å². The molecule has 5 nitrogen and oxygen atoms in total. The van der Waals surface area contributed by atoms with Crippen molar-refractivity contribution in [3.8, 4) is 0 Å². The van der Waals surface area contributed by atoms with Gasteiger partial charge in [0.2, 0.25) is 0 Å². The van der Waals surface area contributed by atoms with Gasteiger partial charge in [0.15, 0.2) is 0 Å². The van der Waals surface area contributed by atoms with Gasteiger partial charge in [-0.2, -0.15) is 13.2 Å². The summed E-state index contributed by atoms with van der Waals surface area (Å²) in [6.07, 6.45) is 1.36. The lowest BCUT2D eigenvalue weighted by Crippen LogP contribution is -2.38. The van der Waals surface area contributed by atoms with Gasteiger partial charge in [-0.1, -0.05) is 24.6 Å². The average molecular weight is 459 g/mol. The third kappa shape index (κ3) is 5.50. The second kappa shape index (κ2) is 9.87. The van der Waals surface area contributed by atoms with E-state index in [1.807, 2.05) is 6.07 Å². The van der Waals surface area contributed by atoms with Gasteiger partial charge in [0.05, 0.1) is 11.1 Å². The Morgan fingerprint density at radius 1 is 1.18 bits per heavy atom. The van der Waals surface area contributed by atoms with Gasteiger partial charge in [0, 0.05) is 48.0 Å². The summed E-state index contributed by atoms with van der Waals surface area (Å²) >= 11 is 0.